The number of nitrogens with zero attached hydrogens (tertiary/aromatic N) is 2. The number of rotatable bonds is 8. The van der Waals surface area contributed by atoms with Gasteiger partial charge in [0.1, 0.15) is 5.75 Å². The van der Waals surface area contributed by atoms with Gasteiger partial charge in [0.25, 0.3) is 0 Å². The molecule has 4 nitrogen and oxygen atoms in total. The molecule has 5 aromatic rings. The minimum absolute atomic E-state index is 0.583. The Morgan fingerprint density at radius 2 is 1.23 bits per heavy atom. The first-order valence-corrected chi connectivity index (χ1v) is 16.0. The maximum absolute atomic E-state index is 7.36. The minimum atomic E-state index is -0.755. The quantitative estimate of drug-likeness (QED) is 0.202. The smallest absolute Gasteiger partial charge is 0.188 e. The van der Waals surface area contributed by atoms with Crippen molar-refractivity contribution in [1.29, 1.82) is 0 Å². The lowest BCUT2D eigenvalue weighted by atomic mass is 9.79. The zero-order chi connectivity index (χ0) is 29.9. The Hall–Kier alpha value is -4.18. The number of para-hydroxylation sites is 2. The van der Waals surface area contributed by atoms with E-state index in [-0.39, 0.29) is 0 Å². The molecule has 7 rings (SSSR count). The van der Waals surface area contributed by atoms with Crippen LogP contribution >= 0.6 is 0 Å². The van der Waals surface area contributed by atoms with E-state index in [0.29, 0.717) is 11.8 Å². The molecule has 1 aromatic heterocycles. The van der Waals surface area contributed by atoms with Gasteiger partial charge >= 0.3 is 0 Å². The molecule has 0 bridgehead atoms. The second kappa shape index (κ2) is 10.5. The Labute approximate surface area is 256 Å². The third kappa shape index (κ3) is 4.25. The second-order valence-corrected chi connectivity index (χ2v) is 13.0. The zero-order valence-corrected chi connectivity index (χ0v) is 26.4. The van der Waals surface area contributed by atoms with Crippen molar-refractivity contribution in [3.05, 3.63) is 102 Å². The lowest BCUT2D eigenvalue weighted by Gasteiger charge is -2.38. The second-order valence-electron chi connectivity index (χ2n) is 13.0. The van der Waals surface area contributed by atoms with E-state index in [2.05, 4.69) is 141 Å². The SMILES string of the molecule is CCN(CC(C)C)c1ccc2c(c1)-c1cc(N(CC)CC(C)C)ccc1C21Oc2ccccc2-c2[nH]c3ccccc3c21. The number of H-pyrrole nitrogens is 1. The van der Waals surface area contributed by atoms with Crippen molar-refractivity contribution in [1.82, 2.24) is 4.98 Å². The molecule has 1 spiro atoms. The molecule has 0 fully saturated rings. The van der Waals surface area contributed by atoms with Crippen molar-refractivity contribution in [2.45, 2.75) is 47.1 Å². The highest BCUT2D eigenvalue weighted by Gasteiger charge is 2.52. The molecular weight excluding hydrogens is 526 g/mol. The van der Waals surface area contributed by atoms with E-state index in [9.17, 15) is 0 Å². The topological polar surface area (TPSA) is 31.5 Å². The van der Waals surface area contributed by atoms with Gasteiger partial charge in [-0.1, -0.05) is 70.2 Å². The molecule has 4 aromatic carbocycles. The summed E-state index contributed by atoms with van der Waals surface area (Å²) in [6.07, 6.45) is 0. The van der Waals surface area contributed by atoms with Crippen LogP contribution in [0.4, 0.5) is 11.4 Å². The van der Waals surface area contributed by atoms with Gasteiger partial charge in [-0.2, -0.15) is 0 Å². The number of nitrogens with one attached hydrogen (secondary N) is 1. The van der Waals surface area contributed by atoms with E-state index >= 15 is 0 Å². The van der Waals surface area contributed by atoms with Crippen LogP contribution in [0.3, 0.4) is 0 Å². The van der Waals surface area contributed by atoms with Gasteiger partial charge < -0.3 is 19.5 Å². The monoisotopic (exact) mass is 569 g/mol. The van der Waals surface area contributed by atoms with E-state index in [0.717, 1.165) is 48.7 Å². The van der Waals surface area contributed by atoms with Crippen molar-refractivity contribution in [2.24, 2.45) is 11.8 Å². The summed E-state index contributed by atoms with van der Waals surface area (Å²) < 4.78 is 7.36. The molecule has 0 amide bonds. The molecule has 4 heteroatoms. The molecular formula is C39H43N3O. The average Bonchev–Trinajstić information content (AvgIpc) is 3.53. The summed E-state index contributed by atoms with van der Waals surface area (Å²) in [5.74, 6) is 2.08. The molecule has 0 unspecified atom stereocenters. The average molecular weight is 570 g/mol. The molecule has 2 aliphatic rings. The molecule has 0 radical (unpaired) electrons. The van der Waals surface area contributed by atoms with Crippen LogP contribution < -0.4 is 14.5 Å². The summed E-state index contributed by atoms with van der Waals surface area (Å²) in [6, 6.07) is 31.3. The van der Waals surface area contributed by atoms with E-state index in [1.807, 2.05) is 0 Å². The van der Waals surface area contributed by atoms with E-state index in [4.69, 9.17) is 4.74 Å². The number of aromatic nitrogens is 1. The molecule has 1 aliphatic heterocycles. The van der Waals surface area contributed by atoms with Crippen LogP contribution in [0.2, 0.25) is 0 Å². The third-order valence-corrected chi connectivity index (χ3v) is 9.20. The molecule has 220 valence electrons. The van der Waals surface area contributed by atoms with Gasteiger partial charge in [0, 0.05) is 70.7 Å². The van der Waals surface area contributed by atoms with Crippen molar-refractivity contribution in [3.8, 4) is 28.1 Å². The fourth-order valence-corrected chi connectivity index (χ4v) is 7.45. The first kappa shape index (κ1) is 27.6. The normalized spacial score (nSPS) is 14.0. The molecule has 43 heavy (non-hydrogen) atoms. The van der Waals surface area contributed by atoms with Crippen LogP contribution in [0.1, 0.15) is 58.2 Å². The van der Waals surface area contributed by atoms with Crippen LogP contribution in [0.15, 0.2) is 84.9 Å². The summed E-state index contributed by atoms with van der Waals surface area (Å²) >= 11 is 0. The summed E-state index contributed by atoms with van der Waals surface area (Å²) in [5, 5.41) is 1.21. The Bertz CT molecular complexity index is 1750. The fourth-order valence-electron chi connectivity index (χ4n) is 7.45. The standard InChI is InChI=1S/C39H43N3O/c1-7-41(23-25(3)4)27-17-19-33-31(21-27)32-22-28(42(8-2)24-26(5)6)18-20-34(32)39(33)37-29-13-9-11-15-35(29)40-38(37)30-14-10-12-16-36(30)43-39/h9-22,25-26,40H,7-8,23-24H2,1-6H3. The third-order valence-electron chi connectivity index (χ3n) is 9.20. The molecule has 2 heterocycles. The summed E-state index contributed by atoms with van der Waals surface area (Å²) in [7, 11) is 0. The first-order chi connectivity index (χ1) is 20.8. The molecule has 0 saturated carbocycles. The highest BCUT2D eigenvalue weighted by molar-refractivity contribution is 5.99. The first-order valence-electron chi connectivity index (χ1n) is 16.0. The number of ether oxygens (including phenoxy) is 1. The van der Waals surface area contributed by atoms with Crippen LogP contribution in [-0.2, 0) is 5.60 Å². The van der Waals surface area contributed by atoms with Crippen LogP contribution in [0, 0.1) is 11.8 Å². The van der Waals surface area contributed by atoms with Crippen molar-refractivity contribution in [2.75, 3.05) is 36.0 Å². The lowest BCUT2D eigenvalue weighted by molar-refractivity contribution is 0.158. The Kier molecular flexibility index (Phi) is 6.76. The number of aromatic amines is 1. The van der Waals surface area contributed by atoms with Gasteiger partial charge in [-0.05, 0) is 79.3 Å². The van der Waals surface area contributed by atoms with Gasteiger partial charge in [-0.3, -0.25) is 0 Å². The molecule has 0 saturated heterocycles. The van der Waals surface area contributed by atoms with Gasteiger partial charge in [-0.25, -0.2) is 0 Å². The Morgan fingerprint density at radius 3 is 1.81 bits per heavy atom. The van der Waals surface area contributed by atoms with Gasteiger partial charge in [0.2, 0.25) is 0 Å². The Morgan fingerprint density at radius 1 is 0.674 bits per heavy atom. The van der Waals surface area contributed by atoms with Crippen LogP contribution in [0.5, 0.6) is 5.75 Å². The predicted molar refractivity (Wildman–Crippen MR) is 182 cm³/mol. The molecule has 1 aliphatic carbocycles. The highest BCUT2D eigenvalue weighted by atomic mass is 16.5. The highest BCUT2D eigenvalue weighted by Crippen LogP contribution is 2.60. The van der Waals surface area contributed by atoms with E-state index < -0.39 is 5.60 Å². The predicted octanol–water partition coefficient (Wildman–Crippen LogP) is 9.46. The maximum atomic E-state index is 7.36. The minimum Gasteiger partial charge on any atom is -0.472 e. The van der Waals surface area contributed by atoms with Crippen LogP contribution in [0.25, 0.3) is 33.3 Å². The number of benzene rings is 4. The molecule has 1 N–H and O–H groups in total. The number of anilines is 2. The Balaban J connectivity index is 1.53. The maximum Gasteiger partial charge on any atom is 0.188 e. The number of hydrogen-bond donors (Lipinski definition) is 1. The van der Waals surface area contributed by atoms with Gasteiger partial charge in [0.15, 0.2) is 5.60 Å². The largest absolute Gasteiger partial charge is 0.472 e. The number of fused-ring (bicyclic) bond motifs is 11. The van der Waals surface area contributed by atoms with Gasteiger partial charge in [0.05, 0.1) is 5.69 Å². The summed E-state index contributed by atoms with van der Waals surface area (Å²) in [6.45, 7) is 17.7. The molecule has 0 atom stereocenters. The summed E-state index contributed by atoms with van der Waals surface area (Å²) in [4.78, 5) is 8.82. The summed E-state index contributed by atoms with van der Waals surface area (Å²) in [5.41, 5.74) is 11.4. The lowest BCUT2D eigenvalue weighted by Crippen LogP contribution is -2.36. The van der Waals surface area contributed by atoms with Crippen molar-refractivity contribution >= 4 is 22.3 Å². The van der Waals surface area contributed by atoms with E-state index in [1.54, 1.807) is 0 Å². The zero-order valence-electron chi connectivity index (χ0n) is 26.4. The van der Waals surface area contributed by atoms with Crippen molar-refractivity contribution in [3.63, 3.8) is 0 Å². The van der Waals surface area contributed by atoms with E-state index in [1.165, 1.54) is 44.6 Å². The number of hydrogen-bond acceptors (Lipinski definition) is 3. The van der Waals surface area contributed by atoms with Gasteiger partial charge in [-0.15, -0.1) is 0 Å². The fraction of sp³-hybridized carbons (Fsp3) is 0.333. The van der Waals surface area contributed by atoms with Crippen molar-refractivity contribution < 1.29 is 4.74 Å². The van der Waals surface area contributed by atoms with Crippen LogP contribution in [-0.4, -0.2) is 31.2 Å².